The maximum absolute atomic E-state index is 11.4. The van der Waals surface area contributed by atoms with Crippen molar-refractivity contribution in [2.75, 3.05) is 18.6 Å². The van der Waals surface area contributed by atoms with Crippen LogP contribution in [0.1, 0.15) is 27.9 Å². The van der Waals surface area contributed by atoms with Crippen LogP contribution in [0.2, 0.25) is 0 Å². The molecule has 7 nitrogen and oxygen atoms in total. The van der Waals surface area contributed by atoms with Crippen LogP contribution in [0.4, 0.5) is 11.4 Å². The van der Waals surface area contributed by atoms with Gasteiger partial charge in [-0.15, -0.1) is 0 Å². The van der Waals surface area contributed by atoms with Crippen molar-refractivity contribution in [1.82, 2.24) is 0 Å². The number of methoxy groups -OCH3 is 1. The Bertz CT molecular complexity index is 835. The number of ether oxygens (including phenoxy) is 1. The number of nitrogens with two attached hydrogens (primary N) is 1. The van der Waals surface area contributed by atoms with E-state index in [1.165, 1.54) is 17.7 Å². The van der Waals surface area contributed by atoms with Crippen molar-refractivity contribution in [2.24, 2.45) is 5.73 Å². The first kappa shape index (κ1) is 16.8. The van der Waals surface area contributed by atoms with Gasteiger partial charge in [0.15, 0.2) is 0 Å². The zero-order chi connectivity index (χ0) is 18.0. The summed E-state index contributed by atoms with van der Waals surface area (Å²) >= 11 is 0. The Labute approximate surface area is 145 Å². The first-order valence-electron chi connectivity index (χ1n) is 7.98. The monoisotopic (exact) mass is 341 g/mol. The molecule has 0 unspecified atom stereocenters. The number of hydrogen-bond donors (Lipinski definition) is 1. The molecular weight excluding hydrogens is 322 g/mol. The number of benzene rings is 2. The Hall–Kier alpha value is -3.09. The van der Waals surface area contributed by atoms with Crippen LogP contribution in [0, 0.1) is 10.1 Å². The zero-order valence-electron chi connectivity index (χ0n) is 13.9. The molecule has 1 amide bonds. The van der Waals surface area contributed by atoms with Gasteiger partial charge in [-0.1, -0.05) is 0 Å². The molecule has 130 valence electrons. The third kappa shape index (κ3) is 3.40. The largest absolute Gasteiger partial charge is 0.497 e. The van der Waals surface area contributed by atoms with E-state index in [2.05, 4.69) is 4.90 Å². The number of carbonyl (C=O) groups is 1. The van der Waals surface area contributed by atoms with Crippen LogP contribution in [-0.2, 0) is 13.0 Å². The van der Waals surface area contributed by atoms with Gasteiger partial charge in [0.05, 0.1) is 12.0 Å². The lowest BCUT2D eigenvalue weighted by Crippen LogP contribution is -2.29. The number of amides is 1. The van der Waals surface area contributed by atoms with Crippen LogP contribution in [0.25, 0.3) is 0 Å². The summed E-state index contributed by atoms with van der Waals surface area (Å²) in [6.07, 6.45) is 1.92. The van der Waals surface area contributed by atoms with Gasteiger partial charge >= 0.3 is 0 Å². The second-order valence-corrected chi connectivity index (χ2v) is 5.98. The molecule has 1 aliphatic rings. The van der Waals surface area contributed by atoms with Crippen LogP contribution >= 0.6 is 0 Å². The number of fused-ring (bicyclic) bond motifs is 1. The summed E-state index contributed by atoms with van der Waals surface area (Å²) in [6.45, 7) is 1.21. The van der Waals surface area contributed by atoms with Crippen molar-refractivity contribution in [3.05, 3.63) is 63.2 Å². The number of carbonyl (C=O) groups excluding carboxylic acids is 1. The summed E-state index contributed by atoms with van der Waals surface area (Å²) in [5, 5.41) is 11.4. The van der Waals surface area contributed by atoms with Gasteiger partial charge in [-0.05, 0) is 48.7 Å². The molecule has 0 saturated carbocycles. The average molecular weight is 341 g/mol. The van der Waals surface area contributed by atoms with E-state index in [4.69, 9.17) is 10.5 Å². The highest BCUT2D eigenvalue weighted by atomic mass is 16.6. The molecule has 1 heterocycles. The van der Waals surface area contributed by atoms with E-state index in [-0.39, 0.29) is 11.3 Å². The first-order valence-corrected chi connectivity index (χ1v) is 7.98. The summed E-state index contributed by atoms with van der Waals surface area (Å²) in [6, 6.07) is 10.3. The fourth-order valence-electron chi connectivity index (χ4n) is 3.17. The molecule has 3 rings (SSSR count). The lowest BCUT2D eigenvalue weighted by Gasteiger charge is -2.31. The lowest BCUT2D eigenvalue weighted by atomic mass is 10.00. The van der Waals surface area contributed by atoms with Gasteiger partial charge in [0.1, 0.15) is 5.75 Å². The topological polar surface area (TPSA) is 98.7 Å². The molecule has 2 N–H and O–H groups in total. The normalized spacial score (nSPS) is 13.2. The third-order valence-corrected chi connectivity index (χ3v) is 4.43. The SMILES string of the molecule is COc1ccc2c(c1)CCCN2Cc1ccc(C(N)=O)cc1[N+](=O)[O-]. The summed E-state index contributed by atoms with van der Waals surface area (Å²) in [4.78, 5) is 24.3. The van der Waals surface area contributed by atoms with Crippen molar-refractivity contribution < 1.29 is 14.5 Å². The first-order chi connectivity index (χ1) is 12.0. The number of aryl methyl sites for hydroxylation is 1. The highest BCUT2D eigenvalue weighted by Crippen LogP contribution is 2.33. The van der Waals surface area contributed by atoms with Crippen LogP contribution in [0.3, 0.4) is 0 Å². The number of nitro groups is 1. The molecule has 0 spiro atoms. The van der Waals surface area contributed by atoms with Crippen molar-refractivity contribution >= 4 is 17.3 Å². The number of nitro benzene ring substituents is 1. The van der Waals surface area contributed by atoms with Gasteiger partial charge in [-0.2, -0.15) is 0 Å². The number of nitrogens with zero attached hydrogens (tertiary/aromatic N) is 2. The third-order valence-electron chi connectivity index (χ3n) is 4.43. The van der Waals surface area contributed by atoms with E-state index in [1.807, 2.05) is 18.2 Å². The quantitative estimate of drug-likeness (QED) is 0.666. The standard InChI is InChI=1S/C18H19N3O4/c1-25-15-6-7-16-12(9-15)3-2-8-20(16)11-14-5-4-13(18(19)22)10-17(14)21(23)24/h4-7,9-10H,2-3,8,11H2,1H3,(H2,19,22). The van der Waals surface area contributed by atoms with Crippen molar-refractivity contribution in [3.8, 4) is 5.75 Å². The predicted octanol–water partition coefficient (Wildman–Crippen LogP) is 2.66. The van der Waals surface area contributed by atoms with E-state index in [9.17, 15) is 14.9 Å². The van der Waals surface area contributed by atoms with Crippen molar-refractivity contribution in [2.45, 2.75) is 19.4 Å². The Kier molecular flexibility index (Phi) is 4.56. The van der Waals surface area contributed by atoms with Crippen molar-refractivity contribution in [1.29, 1.82) is 0 Å². The molecule has 1 aliphatic heterocycles. The smallest absolute Gasteiger partial charge is 0.275 e. The van der Waals surface area contributed by atoms with E-state index in [1.54, 1.807) is 13.2 Å². The number of anilines is 1. The van der Waals surface area contributed by atoms with Crippen LogP contribution in [-0.4, -0.2) is 24.5 Å². The highest BCUT2D eigenvalue weighted by molar-refractivity contribution is 5.93. The molecule has 0 atom stereocenters. The molecule has 0 fully saturated rings. The summed E-state index contributed by atoms with van der Waals surface area (Å²) in [5.74, 6) is 0.127. The van der Waals surface area contributed by atoms with Crippen molar-refractivity contribution in [3.63, 3.8) is 0 Å². The Morgan fingerprint density at radius 1 is 1.32 bits per heavy atom. The second-order valence-electron chi connectivity index (χ2n) is 5.98. The number of rotatable bonds is 5. The minimum Gasteiger partial charge on any atom is -0.497 e. The molecule has 25 heavy (non-hydrogen) atoms. The maximum atomic E-state index is 11.4. The minimum atomic E-state index is -0.676. The number of primary amides is 1. The van der Waals surface area contributed by atoms with E-state index in [0.717, 1.165) is 30.8 Å². The maximum Gasteiger partial charge on any atom is 0.275 e. The van der Waals surface area contributed by atoms with Gasteiger partial charge in [0.25, 0.3) is 5.69 Å². The Balaban J connectivity index is 1.94. The molecule has 0 aliphatic carbocycles. The summed E-state index contributed by atoms with van der Waals surface area (Å²) < 4.78 is 5.27. The lowest BCUT2D eigenvalue weighted by molar-refractivity contribution is -0.385. The summed E-state index contributed by atoms with van der Waals surface area (Å²) in [7, 11) is 1.63. The van der Waals surface area contributed by atoms with E-state index in [0.29, 0.717) is 12.1 Å². The van der Waals surface area contributed by atoms with Gasteiger partial charge in [0.2, 0.25) is 5.91 Å². The zero-order valence-corrected chi connectivity index (χ0v) is 13.9. The fraction of sp³-hybridized carbons (Fsp3) is 0.278. The molecule has 0 saturated heterocycles. The molecule has 2 aromatic carbocycles. The number of hydrogen-bond acceptors (Lipinski definition) is 5. The van der Waals surface area contributed by atoms with Gasteiger partial charge in [-0.3, -0.25) is 14.9 Å². The predicted molar refractivity (Wildman–Crippen MR) is 94.0 cm³/mol. The Morgan fingerprint density at radius 3 is 2.80 bits per heavy atom. The minimum absolute atomic E-state index is 0.0862. The second kappa shape index (κ2) is 6.80. The molecular formula is C18H19N3O4. The Morgan fingerprint density at radius 2 is 2.12 bits per heavy atom. The molecule has 0 bridgehead atoms. The van der Waals surface area contributed by atoms with Crippen LogP contribution in [0.5, 0.6) is 5.75 Å². The fourth-order valence-corrected chi connectivity index (χ4v) is 3.17. The van der Waals surface area contributed by atoms with E-state index >= 15 is 0 Å². The van der Waals surface area contributed by atoms with Crippen LogP contribution in [0.15, 0.2) is 36.4 Å². The summed E-state index contributed by atoms with van der Waals surface area (Å²) in [5.41, 5.74) is 8.05. The van der Waals surface area contributed by atoms with Gasteiger partial charge in [0, 0.05) is 36.0 Å². The van der Waals surface area contributed by atoms with Gasteiger partial charge < -0.3 is 15.4 Å². The molecule has 0 radical (unpaired) electrons. The average Bonchev–Trinajstić information content (AvgIpc) is 2.61. The van der Waals surface area contributed by atoms with E-state index < -0.39 is 10.8 Å². The highest BCUT2D eigenvalue weighted by Gasteiger charge is 2.22. The van der Waals surface area contributed by atoms with Crippen LogP contribution < -0.4 is 15.4 Å². The molecule has 2 aromatic rings. The molecule has 0 aromatic heterocycles. The van der Waals surface area contributed by atoms with Gasteiger partial charge in [-0.25, -0.2) is 0 Å². The molecule has 7 heteroatoms.